The topological polar surface area (TPSA) is 66.7 Å². The van der Waals surface area contributed by atoms with Crippen LogP contribution in [0.1, 0.15) is 12.1 Å². The third kappa shape index (κ3) is 4.28. The Labute approximate surface area is 155 Å². The second-order valence-corrected chi connectivity index (χ2v) is 6.53. The maximum absolute atomic E-state index is 5.49. The molecule has 0 saturated carbocycles. The van der Waals surface area contributed by atoms with Crippen molar-refractivity contribution < 1.29 is 4.74 Å². The van der Waals surface area contributed by atoms with Gasteiger partial charge in [0.1, 0.15) is 5.75 Å². The summed E-state index contributed by atoms with van der Waals surface area (Å²) >= 11 is 0. The van der Waals surface area contributed by atoms with Gasteiger partial charge < -0.3 is 20.3 Å². The number of aryl methyl sites for hydroxylation is 1. The quantitative estimate of drug-likeness (QED) is 0.608. The van der Waals surface area contributed by atoms with E-state index < -0.39 is 0 Å². The summed E-state index contributed by atoms with van der Waals surface area (Å²) in [7, 11) is 5.47. The molecule has 1 aromatic carbocycles. The summed E-state index contributed by atoms with van der Waals surface area (Å²) in [6, 6.07) is 10.2. The Morgan fingerprint density at radius 3 is 2.88 bits per heavy atom. The van der Waals surface area contributed by atoms with Crippen molar-refractivity contribution in [2.45, 2.75) is 13.0 Å². The summed E-state index contributed by atoms with van der Waals surface area (Å²) in [5.74, 6) is 2.34. The molecule has 26 heavy (non-hydrogen) atoms. The summed E-state index contributed by atoms with van der Waals surface area (Å²) in [5, 5.41) is 11.0. The molecule has 2 heterocycles. The summed E-state index contributed by atoms with van der Waals surface area (Å²) in [6.07, 6.45) is 2.96. The Balaban J connectivity index is 1.48. The van der Waals surface area contributed by atoms with Crippen molar-refractivity contribution in [1.29, 1.82) is 0 Å². The molecule has 0 amide bonds. The molecule has 1 aliphatic rings. The maximum atomic E-state index is 5.49. The minimum absolute atomic E-state index is 0.579. The number of benzene rings is 1. The summed E-state index contributed by atoms with van der Waals surface area (Å²) in [5.41, 5.74) is 2.30. The standard InChI is InChI=1S/C19H28N6O/c1-20-19(22-13-16-8-10-23-24(16)2)21-12-15-9-11-25(14-15)17-6-4-5-7-18(17)26-3/h4-8,10,15H,9,11-14H2,1-3H3,(H2,20,21,22). The number of guanidine groups is 1. The first-order valence-corrected chi connectivity index (χ1v) is 9.00. The molecule has 7 heteroatoms. The lowest BCUT2D eigenvalue weighted by Gasteiger charge is -2.21. The maximum Gasteiger partial charge on any atom is 0.191 e. The highest BCUT2D eigenvalue weighted by molar-refractivity contribution is 5.79. The lowest BCUT2D eigenvalue weighted by molar-refractivity contribution is 0.414. The number of hydrogen-bond acceptors (Lipinski definition) is 4. The first-order chi connectivity index (χ1) is 12.7. The van der Waals surface area contributed by atoms with Gasteiger partial charge in [-0.05, 0) is 30.5 Å². The Morgan fingerprint density at radius 2 is 2.15 bits per heavy atom. The molecule has 0 bridgehead atoms. The van der Waals surface area contributed by atoms with Gasteiger partial charge in [-0.2, -0.15) is 5.10 Å². The van der Waals surface area contributed by atoms with Gasteiger partial charge >= 0.3 is 0 Å². The van der Waals surface area contributed by atoms with Crippen molar-refractivity contribution in [2.75, 3.05) is 38.7 Å². The SMILES string of the molecule is CN=C(NCc1ccnn1C)NCC1CCN(c2ccccc2OC)C1. The summed E-state index contributed by atoms with van der Waals surface area (Å²) < 4.78 is 7.36. The molecule has 1 saturated heterocycles. The van der Waals surface area contributed by atoms with E-state index in [1.807, 2.05) is 29.9 Å². The zero-order valence-electron chi connectivity index (χ0n) is 15.8. The number of nitrogens with one attached hydrogen (secondary N) is 2. The second kappa shape index (κ2) is 8.60. The second-order valence-electron chi connectivity index (χ2n) is 6.53. The molecule has 0 aliphatic carbocycles. The average molecular weight is 356 g/mol. The number of hydrogen-bond donors (Lipinski definition) is 2. The van der Waals surface area contributed by atoms with Crippen LogP contribution in [0, 0.1) is 5.92 Å². The van der Waals surface area contributed by atoms with Crippen molar-refractivity contribution in [1.82, 2.24) is 20.4 Å². The van der Waals surface area contributed by atoms with E-state index in [1.54, 1.807) is 20.4 Å². The van der Waals surface area contributed by atoms with E-state index in [1.165, 1.54) is 5.69 Å². The number of methoxy groups -OCH3 is 1. The molecule has 3 rings (SSSR count). The first kappa shape index (κ1) is 18.1. The third-order valence-corrected chi connectivity index (χ3v) is 4.85. The molecule has 2 N–H and O–H groups in total. The minimum Gasteiger partial charge on any atom is -0.495 e. The first-order valence-electron chi connectivity index (χ1n) is 9.00. The molecule has 0 spiro atoms. The van der Waals surface area contributed by atoms with Gasteiger partial charge in [-0.25, -0.2) is 0 Å². The highest BCUT2D eigenvalue weighted by atomic mass is 16.5. The number of rotatable bonds is 6. The fourth-order valence-electron chi connectivity index (χ4n) is 3.32. The Bertz CT molecular complexity index is 741. The van der Waals surface area contributed by atoms with E-state index in [-0.39, 0.29) is 0 Å². The fraction of sp³-hybridized carbons (Fsp3) is 0.474. The van der Waals surface area contributed by atoms with Gasteiger partial charge in [0.25, 0.3) is 0 Å². The van der Waals surface area contributed by atoms with Crippen molar-refractivity contribution in [3.63, 3.8) is 0 Å². The number of aliphatic imine (C=N–C) groups is 1. The third-order valence-electron chi connectivity index (χ3n) is 4.85. The van der Waals surface area contributed by atoms with Crippen LogP contribution in [0.4, 0.5) is 5.69 Å². The van der Waals surface area contributed by atoms with Gasteiger partial charge in [-0.1, -0.05) is 12.1 Å². The van der Waals surface area contributed by atoms with Crippen LogP contribution < -0.4 is 20.3 Å². The normalized spacial score (nSPS) is 17.4. The monoisotopic (exact) mass is 356 g/mol. The van der Waals surface area contributed by atoms with E-state index in [0.29, 0.717) is 12.5 Å². The molecule has 7 nitrogen and oxygen atoms in total. The van der Waals surface area contributed by atoms with Crippen LogP contribution >= 0.6 is 0 Å². The molecule has 2 aromatic rings. The van der Waals surface area contributed by atoms with Crippen molar-refractivity contribution in [2.24, 2.45) is 18.0 Å². The molecular formula is C19H28N6O. The smallest absolute Gasteiger partial charge is 0.191 e. The number of anilines is 1. The average Bonchev–Trinajstić information content (AvgIpc) is 3.31. The van der Waals surface area contributed by atoms with Gasteiger partial charge in [0, 0.05) is 39.9 Å². The largest absolute Gasteiger partial charge is 0.495 e. The van der Waals surface area contributed by atoms with Gasteiger partial charge in [-0.3, -0.25) is 9.67 Å². The minimum atomic E-state index is 0.579. The predicted molar refractivity (Wildman–Crippen MR) is 105 cm³/mol. The van der Waals surface area contributed by atoms with Crippen LogP contribution in [0.5, 0.6) is 5.75 Å². The lowest BCUT2D eigenvalue weighted by Crippen LogP contribution is -2.40. The molecule has 1 unspecified atom stereocenters. The molecule has 1 fully saturated rings. The molecule has 1 atom stereocenters. The van der Waals surface area contributed by atoms with Crippen molar-refractivity contribution in [3.05, 3.63) is 42.2 Å². The van der Waals surface area contributed by atoms with E-state index in [2.05, 4.69) is 37.8 Å². The fourth-order valence-corrected chi connectivity index (χ4v) is 3.32. The van der Waals surface area contributed by atoms with E-state index >= 15 is 0 Å². The Kier molecular flexibility index (Phi) is 5.99. The van der Waals surface area contributed by atoms with Crippen molar-refractivity contribution in [3.8, 4) is 5.75 Å². The van der Waals surface area contributed by atoms with Crippen LogP contribution in [-0.4, -0.2) is 49.5 Å². The van der Waals surface area contributed by atoms with Crippen molar-refractivity contribution >= 4 is 11.6 Å². The molecular weight excluding hydrogens is 328 g/mol. The van der Waals surface area contributed by atoms with Gasteiger partial charge in [0.15, 0.2) is 5.96 Å². The zero-order chi connectivity index (χ0) is 18.4. The van der Waals surface area contributed by atoms with Crippen LogP contribution in [-0.2, 0) is 13.6 Å². The predicted octanol–water partition coefficient (Wildman–Crippen LogP) is 1.62. The number of ether oxygens (including phenoxy) is 1. The molecule has 1 aromatic heterocycles. The summed E-state index contributed by atoms with van der Waals surface area (Å²) in [4.78, 5) is 6.71. The van der Waals surface area contributed by atoms with E-state index in [4.69, 9.17) is 4.74 Å². The Morgan fingerprint density at radius 1 is 1.31 bits per heavy atom. The summed E-state index contributed by atoms with van der Waals surface area (Å²) in [6.45, 7) is 3.67. The lowest BCUT2D eigenvalue weighted by atomic mass is 10.1. The molecule has 140 valence electrons. The van der Waals surface area contributed by atoms with E-state index in [9.17, 15) is 0 Å². The van der Waals surface area contributed by atoms with Crippen LogP contribution in [0.15, 0.2) is 41.5 Å². The molecule has 0 radical (unpaired) electrons. The van der Waals surface area contributed by atoms with Crippen LogP contribution in [0.3, 0.4) is 0 Å². The van der Waals surface area contributed by atoms with Gasteiger partial charge in [-0.15, -0.1) is 0 Å². The number of para-hydroxylation sites is 2. The number of nitrogens with zero attached hydrogens (tertiary/aromatic N) is 4. The van der Waals surface area contributed by atoms with E-state index in [0.717, 1.165) is 43.5 Å². The highest BCUT2D eigenvalue weighted by Gasteiger charge is 2.24. The molecule has 1 aliphatic heterocycles. The number of aromatic nitrogens is 2. The zero-order valence-corrected chi connectivity index (χ0v) is 15.8. The van der Waals surface area contributed by atoms with Gasteiger partial charge in [0.2, 0.25) is 0 Å². The Hall–Kier alpha value is -2.70. The van der Waals surface area contributed by atoms with Crippen LogP contribution in [0.2, 0.25) is 0 Å². The highest BCUT2D eigenvalue weighted by Crippen LogP contribution is 2.31. The van der Waals surface area contributed by atoms with Gasteiger partial charge in [0.05, 0.1) is 25.0 Å². The van der Waals surface area contributed by atoms with Crippen LogP contribution in [0.25, 0.3) is 0 Å².